The van der Waals surface area contributed by atoms with Gasteiger partial charge in [0, 0.05) is 6.54 Å². The van der Waals surface area contributed by atoms with E-state index in [9.17, 15) is 8.42 Å². The van der Waals surface area contributed by atoms with E-state index in [1.165, 1.54) is 7.11 Å². The number of furan rings is 1. The zero-order chi connectivity index (χ0) is 19.3. The average Bonchev–Trinajstić information content (AvgIpc) is 3.20. The molecule has 148 valence electrons. The van der Waals surface area contributed by atoms with Crippen molar-refractivity contribution in [3.05, 3.63) is 47.9 Å². The zero-order valence-corrected chi connectivity index (χ0v) is 16.8. The Balaban J connectivity index is 1.55. The molecule has 1 aliphatic rings. The van der Waals surface area contributed by atoms with Gasteiger partial charge in [-0.1, -0.05) is 13.0 Å². The van der Waals surface area contributed by atoms with Crippen LogP contribution >= 0.6 is 0 Å². The summed E-state index contributed by atoms with van der Waals surface area (Å²) in [6.45, 7) is 5.16. The Hall–Kier alpha value is -1.83. The highest BCUT2D eigenvalue weighted by molar-refractivity contribution is 7.89. The highest BCUT2D eigenvalue weighted by Crippen LogP contribution is 2.26. The maximum atomic E-state index is 12.8. The Labute approximate surface area is 161 Å². The van der Waals surface area contributed by atoms with Gasteiger partial charge in [-0.2, -0.15) is 0 Å². The predicted molar refractivity (Wildman–Crippen MR) is 104 cm³/mol. The van der Waals surface area contributed by atoms with Crippen LogP contribution in [0, 0.1) is 5.92 Å². The second kappa shape index (κ2) is 8.91. The monoisotopic (exact) mass is 392 g/mol. The van der Waals surface area contributed by atoms with Crippen molar-refractivity contribution in [3.8, 4) is 5.75 Å². The minimum absolute atomic E-state index is 0.222. The van der Waals surface area contributed by atoms with Crippen molar-refractivity contribution in [2.45, 2.75) is 37.6 Å². The lowest BCUT2D eigenvalue weighted by atomic mass is 9.97. The number of hydrogen-bond acceptors (Lipinski definition) is 5. The second-order valence-corrected chi connectivity index (χ2v) is 8.72. The number of rotatable bonds is 8. The van der Waals surface area contributed by atoms with E-state index in [2.05, 4.69) is 9.62 Å². The van der Waals surface area contributed by atoms with Crippen molar-refractivity contribution in [2.75, 3.05) is 26.7 Å². The number of sulfonamides is 1. The second-order valence-electron chi connectivity index (χ2n) is 6.99. The van der Waals surface area contributed by atoms with E-state index in [0.29, 0.717) is 18.2 Å². The fourth-order valence-corrected chi connectivity index (χ4v) is 4.76. The van der Waals surface area contributed by atoms with Crippen LogP contribution in [0.25, 0.3) is 0 Å². The SMILES string of the molecule is CCc1ccc(OC)c(S(=O)(=O)NCC2CCN(Cc3ccco3)CC2)c1. The molecule has 0 saturated carbocycles. The van der Waals surface area contributed by atoms with Crippen LogP contribution in [0.5, 0.6) is 5.75 Å². The Morgan fingerprint density at radius 1 is 1.26 bits per heavy atom. The molecule has 27 heavy (non-hydrogen) atoms. The molecule has 1 aliphatic heterocycles. The lowest BCUT2D eigenvalue weighted by molar-refractivity contribution is 0.168. The van der Waals surface area contributed by atoms with Crippen LogP contribution in [0.2, 0.25) is 0 Å². The third-order valence-electron chi connectivity index (χ3n) is 5.15. The largest absolute Gasteiger partial charge is 0.495 e. The molecular weight excluding hydrogens is 364 g/mol. The normalized spacial score (nSPS) is 16.5. The molecule has 1 saturated heterocycles. The van der Waals surface area contributed by atoms with Crippen molar-refractivity contribution in [2.24, 2.45) is 5.92 Å². The first-order chi connectivity index (χ1) is 13.0. The number of ether oxygens (including phenoxy) is 1. The van der Waals surface area contributed by atoms with Crippen LogP contribution in [-0.2, 0) is 23.0 Å². The van der Waals surface area contributed by atoms with Crippen LogP contribution in [0.3, 0.4) is 0 Å². The molecule has 0 amide bonds. The first-order valence-corrected chi connectivity index (χ1v) is 10.9. The molecule has 0 spiro atoms. The van der Waals surface area contributed by atoms with E-state index >= 15 is 0 Å². The van der Waals surface area contributed by atoms with E-state index in [1.807, 2.05) is 25.1 Å². The average molecular weight is 393 g/mol. The minimum atomic E-state index is -3.59. The summed E-state index contributed by atoms with van der Waals surface area (Å²) in [7, 11) is -2.10. The van der Waals surface area contributed by atoms with Crippen LogP contribution in [0.15, 0.2) is 45.9 Å². The molecule has 2 aromatic rings. The van der Waals surface area contributed by atoms with Gasteiger partial charge in [0.1, 0.15) is 16.4 Å². The molecule has 0 atom stereocenters. The highest BCUT2D eigenvalue weighted by Gasteiger charge is 2.24. The number of likely N-dealkylation sites (tertiary alicyclic amines) is 1. The number of aryl methyl sites for hydroxylation is 1. The molecule has 0 unspecified atom stereocenters. The van der Waals surface area contributed by atoms with E-state index in [4.69, 9.17) is 9.15 Å². The quantitative estimate of drug-likeness (QED) is 0.748. The first-order valence-electron chi connectivity index (χ1n) is 9.43. The van der Waals surface area contributed by atoms with Gasteiger partial charge in [-0.15, -0.1) is 0 Å². The van der Waals surface area contributed by atoms with E-state index in [-0.39, 0.29) is 4.90 Å². The first kappa shape index (κ1) is 19.9. The smallest absolute Gasteiger partial charge is 0.244 e. The highest BCUT2D eigenvalue weighted by atomic mass is 32.2. The fourth-order valence-electron chi connectivity index (χ4n) is 3.43. The maximum Gasteiger partial charge on any atom is 0.244 e. The van der Waals surface area contributed by atoms with Crippen molar-refractivity contribution in [1.82, 2.24) is 9.62 Å². The van der Waals surface area contributed by atoms with Gasteiger partial charge < -0.3 is 9.15 Å². The van der Waals surface area contributed by atoms with E-state index in [0.717, 1.165) is 50.2 Å². The van der Waals surface area contributed by atoms with Crippen molar-refractivity contribution >= 4 is 10.0 Å². The van der Waals surface area contributed by atoms with Crippen molar-refractivity contribution in [1.29, 1.82) is 0 Å². The summed E-state index contributed by atoms with van der Waals surface area (Å²) in [6, 6.07) is 9.21. The number of benzene rings is 1. The molecule has 1 N–H and O–H groups in total. The molecule has 7 heteroatoms. The van der Waals surface area contributed by atoms with Crippen LogP contribution in [0.1, 0.15) is 31.1 Å². The van der Waals surface area contributed by atoms with Gasteiger partial charge in [0.25, 0.3) is 0 Å². The number of nitrogens with one attached hydrogen (secondary N) is 1. The third-order valence-corrected chi connectivity index (χ3v) is 6.60. The van der Waals surface area contributed by atoms with Crippen LogP contribution in [-0.4, -0.2) is 40.1 Å². The molecule has 0 bridgehead atoms. The van der Waals surface area contributed by atoms with Crippen molar-refractivity contribution < 1.29 is 17.6 Å². The molecule has 0 aliphatic carbocycles. The Bertz CT molecular complexity index is 826. The number of nitrogens with zero attached hydrogens (tertiary/aromatic N) is 1. The van der Waals surface area contributed by atoms with Gasteiger partial charge in [0.15, 0.2) is 0 Å². The summed E-state index contributed by atoms with van der Waals surface area (Å²) < 4.78 is 39.0. The van der Waals surface area contributed by atoms with E-state index in [1.54, 1.807) is 18.4 Å². The minimum Gasteiger partial charge on any atom is -0.495 e. The zero-order valence-electron chi connectivity index (χ0n) is 16.0. The predicted octanol–water partition coefficient (Wildman–Crippen LogP) is 3.04. The molecule has 1 aromatic heterocycles. The molecule has 1 fully saturated rings. The summed E-state index contributed by atoms with van der Waals surface area (Å²) in [5.41, 5.74) is 0.974. The molecular formula is C20H28N2O4S. The summed E-state index contributed by atoms with van der Waals surface area (Å²) in [5.74, 6) is 1.69. The van der Waals surface area contributed by atoms with Gasteiger partial charge in [-0.25, -0.2) is 13.1 Å². The summed E-state index contributed by atoms with van der Waals surface area (Å²) in [5, 5.41) is 0. The Kier molecular flexibility index (Phi) is 6.57. The summed E-state index contributed by atoms with van der Waals surface area (Å²) in [4.78, 5) is 2.57. The van der Waals surface area contributed by atoms with Gasteiger partial charge in [0.2, 0.25) is 10.0 Å². The molecule has 3 rings (SSSR count). The maximum absolute atomic E-state index is 12.8. The number of hydrogen-bond donors (Lipinski definition) is 1. The van der Waals surface area contributed by atoms with Crippen molar-refractivity contribution in [3.63, 3.8) is 0 Å². The van der Waals surface area contributed by atoms with Gasteiger partial charge in [-0.3, -0.25) is 4.90 Å². The van der Waals surface area contributed by atoms with Gasteiger partial charge >= 0.3 is 0 Å². The molecule has 6 nitrogen and oxygen atoms in total. The topological polar surface area (TPSA) is 71.8 Å². The van der Waals surface area contributed by atoms with Crippen LogP contribution in [0.4, 0.5) is 0 Å². The summed E-state index contributed by atoms with van der Waals surface area (Å²) in [6.07, 6.45) is 4.41. The number of methoxy groups -OCH3 is 1. The fraction of sp³-hybridized carbons (Fsp3) is 0.500. The lowest BCUT2D eigenvalue weighted by Crippen LogP contribution is -2.38. The van der Waals surface area contributed by atoms with Gasteiger partial charge in [-0.05, 0) is 68.1 Å². The Morgan fingerprint density at radius 3 is 2.67 bits per heavy atom. The molecule has 1 aromatic carbocycles. The standard InChI is InChI=1S/C20H28N2O4S/c1-3-16-6-7-19(25-2)20(13-16)27(23,24)21-14-17-8-10-22(11-9-17)15-18-5-4-12-26-18/h4-7,12-13,17,21H,3,8-11,14-15H2,1-2H3. The molecule has 2 heterocycles. The van der Waals surface area contributed by atoms with Crippen LogP contribution < -0.4 is 9.46 Å². The number of piperidine rings is 1. The Morgan fingerprint density at radius 2 is 2.04 bits per heavy atom. The van der Waals surface area contributed by atoms with E-state index < -0.39 is 10.0 Å². The molecule has 0 radical (unpaired) electrons. The lowest BCUT2D eigenvalue weighted by Gasteiger charge is -2.31. The summed E-state index contributed by atoms with van der Waals surface area (Å²) >= 11 is 0. The third kappa shape index (κ3) is 5.12. The van der Waals surface area contributed by atoms with Gasteiger partial charge in [0.05, 0.1) is 19.9 Å².